The van der Waals surface area contributed by atoms with Crippen LogP contribution >= 0.6 is 0 Å². The van der Waals surface area contributed by atoms with Gasteiger partial charge in [0.2, 0.25) is 17.7 Å². The van der Waals surface area contributed by atoms with Gasteiger partial charge < -0.3 is 35.4 Å². The second-order valence-electron chi connectivity index (χ2n) is 16.0. The van der Waals surface area contributed by atoms with E-state index in [1.165, 1.54) is 0 Å². The summed E-state index contributed by atoms with van der Waals surface area (Å²) in [5.74, 6) is -1.63. The maximum absolute atomic E-state index is 14.5. The first-order valence-corrected chi connectivity index (χ1v) is 19.3. The van der Waals surface area contributed by atoms with Crippen molar-refractivity contribution in [2.75, 3.05) is 28.3 Å². The van der Waals surface area contributed by atoms with Gasteiger partial charge in [-0.3, -0.25) is 19.2 Å². The molecule has 1 fully saturated rings. The molecule has 52 heavy (non-hydrogen) atoms. The van der Waals surface area contributed by atoms with Crippen LogP contribution < -0.4 is 16.0 Å². The number of nitrogens with one attached hydrogen (secondary N) is 3. The number of carbonyl (C=O) groups is 4. The van der Waals surface area contributed by atoms with Crippen LogP contribution in [0.5, 0.6) is 0 Å². The molecule has 1 unspecified atom stereocenters. The summed E-state index contributed by atoms with van der Waals surface area (Å²) < 4.78 is 12.1. The van der Waals surface area contributed by atoms with Crippen molar-refractivity contribution >= 4 is 23.5 Å². The lowest BCUT2D eigenvalue weighted by Gasteiger charge is -2.42. The maximum atomic E-state index is 14.5. The van der Waals surface area contributed by atoms with Gasteiger partial charge in [-0.15, -0.1) is 0 Å². The maximum Gasteiger partial charge on any atom is 0.245 e. The summed E-state index contributed by atoms with van der Waals surface area (Å²) in [5.41, 5.74) is -0.0639. The molecule has 2 rings (SSSR count). The standard InChI is InChI=1S/C41H70N4O7/c1-14-26(6)35(45(11)40(50)34(25(4)5)44-39(49)33(42-10)24(2)3)31(51-12)23-32(46)41(9)22-18-21-30(41)37(52-13)27(7)38(48)43-28(8)36(47)29-19-16-15-17-20-29/h15-17,19-20,24-28,30-31,33-37,42,47H,14,18,21-23H2,1-13H3,(H,43,48)(H,44,49)/t26-,27+,28+,30?,31+,33-,34-,35-,36+,37+,41+/m0/s1. The molecule has 3 amide bonds. The minimum atomic E-state index is -0.872. The molecule has 0 aromatic heterocycles. The number of nitrogens with zero attached hydrogens (tertiary/aromatic N) is 1. The van der Waals surface area contributed by atoms with E-state index in [2.05, 4.69) is 29.8 Å². The number of amides is 3. The van der Waals surface area contributed by atoms with Crippen LogP contribution in [-0.2, 0) is 28.7 Å². The van der Waals surface area contributed by atoms with Crippen LogP contribution in [0.2, 0.25) is 0 Å². The highest BCUT2D eigenvalue weighted by Gasteiger charge is 2.51. The number of hydrogen-bond donors (Lipinski definition) is 4. The Balaban J connectivity index is 2.30. The summed E-state index contributed by atoms with van der Waals surface area (Å²) in [6.45, 7) is 17.4. The largest absolute Gasteiger partial charge is 0.386 e. The molecule has 1 aliphatic rings. The van der Waals surface area contributed by atoms with Crippen LogP contribution in [0.3, 0.4) is 0 Å². The van der Waals surface area contributed by atoms with E-state index < -0.39 is 53.8 Å². The van der Waals surface area contributed by atoms with Gasteiger partial charge in [-0.25, -0.2) is 0 Å². The number of ketones is 1. The van der Waals surface area contributed by atoms with Gasteiger partial charge in [-0.2, -0.15) is 0 Å². The number of aliphatic hydroxyl groups is 1. The normalized spacial score (nSPS) is 22.8. The number of aliphatic hydroxyl groups excluding tert-OH is 1. The molecule has 1 aromatic rings. The number of rotatable bonds is 21. The second-order valence-corrected chi connectivity index (χ2v) is 16.0. The number of likely N-dealkylation sites (N-methyl/N-ethyl adjacent to an activating group) is 2. The monoisotopic (exact) mass is 731 g/mol. The lowest BCUT2D eigenvalue weighted by Crippen LogP contribution is -2.59. The number of ether oxygens (including phenoxy) is 2. The average Bonchev–Trinajstić information content (AvgIpc) is 3.51. The smallest absolute Gasteiger partial charge is 0.245 e. The molecule has 1 saturated carbocycles. The van der Waals surface area contributed by atoms with Crippen LogP contribution in [0.25, 0.3) is 0 Å². The SMILES string of the molecule is CC[C@H](C)[C@@H]([C@@H](CC(=O)[C@]1(C)CCCC1[C@H](OC)[C@@H](C)C(=O)N[C@H](C)[C@@H](O)c1ccccc1)OC)N(C)C(=O)[C@@H](NC(=O)[C@@H](NC)C(C)C)C(C)C. The van der Waals surface area contributed by atoms with Crippen molar-refractivity contribution < 1.29 is 33.8 Å². The molecule has 1 aliphatic carbocycles. The fourth-order valence-corrected chi connectivity index (χ4v) is 8.19. The van der Waals surface area contributed by atoms with E-state index in [0.717, 1.165) is 19.3 Å². The Labute approximate surface area is 313 Å². The topological polar surface area (TPSA) is 146 Å². The third kappa shape index (κ3) is 10.9. The van der Waals surface area contributed by atoms with Crippen molar-refractivity contribution in [3.63, 3.8) is 0 Å². The molecule has 11 nitrogen and oxygen atoms in total. The van der Waals surface area contributed by atoms with Crippen LogP contribution in [0.4, 0.5) is 0 Å². The fraction of sp³-hybridized carbons (Fsp3) is 0.756. The molecule has 0 heterocycles. The lowest BCUT2D eigenvalue weighted by atomic mass is 9.69. The highest BCUT2D eigenvalue weighted by Crippen LogP contribution is 2.49. The minimum absolute atomic E-state index is 0.00761. The summed E-state index contributed by atoms with van der Waals surface area (Å²) in [6.07, 6.45) is 1.03. The minimum Gasteiger partial charge on any atom is -0.386 e. The van der Waals surface area contributed by atoms with Gasteiger partial charge >= 0.3 is 0 Å². The van der Waals surface area contributed by atoms with Crippen LogP contribution in [0, 0.1) is 35.0 Å². The molecule has 1 aromatic carbocycles. The Hall–Kier alpha value is -2.86. The predicted molar refractivity (Wildman–Crippen MR) is 205 cm³/mol. The summed E-state index contributed by atoms with van der Waals surface area (Å²) in [7, 11) is 6.64. The molecule has 11 atom stereocenters. The second kappa shape index (κ2) is 20.6. The van der Waals surface area contributed by atoms with E-state index >= 15 is 0 Å². The molecular formula is C41H70N4O7. The Morgan fingerprint density at radius 1 is 0.923 bits per heavy atom. The molecule has 0 radical (unpaired) electrons. The molecular weight excluding hydrogens is 660 g/mol. The summed E-state index contributed by atoms with van der Waals surface area (Å²) in [5, 5.41) is 19.9. The van der Waals surface area contributed by atoms with Gasteiger partial charge in [-0.05, 0) is 56.0 Å². The third-order valence-corrected chi connectivity index (χ3v) is 11.8. The summed E-state index contributed by atoms with van der Waals surface area (Å²) >= 11 is 0. The fourth-order valence-electron chi connectivity index (χ4n) is 8.19. The Morgan fingerprint density at radius 3 is 2.02 bits per heavy atom. The number of benzene rings is 1. The zero-order valence-electron chi connectivity index (χ0n) is 34.2. The van der Waals surface area contributed by atoms with Gasteiger partial charge in [0.1, 0.15) is 11.8 Å². The van der Waals surface area contributed by atoms with E-state index in [9.17, 15) is 24.3 Å². The molecule has 0 saturated heterocycles. The Kier molecular flexibility index (Phi) is 17.9. The van der Waals surface area contributed by atoms with Crippen molar-refractivity contribution in [2.24, 2.45) is 35.0 Å². The van der Waals surface area contributed by atoms with Crippen LogP contribution in [0.1, 0.15) is 106 Å². The van der Waals surface area contributed by atoms with Gasteiger partial charge in [0, 0.05) is 33.1 Å². The van der Waals surface area contributed by atoms with Crippen molar-refractivity contribution in [2.45, 2.75) is 137 Å². The number of Topliss-reactive ketones (excluding diaryl/α,β-unsaturated/α-hetero) is 1. The number of hydrogen-bond acceptors (Lipinski definition) is 8. The van der Waals surface area contributed by atoms with Gasteiger partial charge in [0.15, 0.2) is 0 Å². The molecule has 0 bridgehead atoms. The van der Waals surface area contributed by atoms with Crippen LogP contribution in [0.15, 0.2) is 30.3 Å². The highest BCUT2D eigenvalue weighted by atomic mass is 16.5. The highest BCUT2D eigenvalue weighted by molar-refractivity contribution is 5.90. The van der Waals surface area contributed by atoms with Crippen molar-refractivity contribution in [1.29, 1.82) is 0 Å². The molecule has 4 N–H and O–H groups in total. The first kappa shape index (κ1) is 45.3. The zero-order chi connectivity index (χ0) is 39.5. The first-order valence-electron chi connectivity index (χ1n) is 19.3. The van der Waals surface area contributed by atoms with E-state index in [4.69, 9.17) is 9.47 Å². The number of methoxy groups -OCH3 is 2. The predicted octanol–water partition coefficient (Wildman–Crippen LogP) is 4.91. The zero-order valence-corrected chi connectivity index (χ0v) is 34.2. The summed E-state index contributed by atoms with van der Waals surface area (Å²) in [4.78, 5) is 57.2. The average molecular weight is 731 g/mol. The first-order chi connectivity index (χ1) is 24.4. The lowest BCUT2D eigenvalue weighted by molar-refractivity contribution is -0.147. The van der Waals surface area contributed by atoms with E-state index in [-0.39, 0.29) is 53.6 Å². The molecule has 0 spiro atoms. The van der Waals surface area contributed by atoms with E-state index in [0.29, 0.717) is 12.0 Å². The molecule has 296 valence electrons. The van der Waals surface area contributed by atoms with Crippen molar-refractivity contribution in [3.8, 4) is 0 Å². The van der Waals surface area contributed by atoms with Gasteiger partial charge in [0.05, 0.1) is 42.4 Å². The van der Waals surface area contributed by atoms with Crippen molar-refractivity contribution in [3.05, 3.63) is 35.9 Å². The Bertz CT molecular complexity index is 1290. The quantitative estimate of drug-likeness (QED) is 0.140. The summed E-state index contributed by atoms with van der Waals surface area (Å²) in [6, 6.07) is 7.06. The molecule has 0 aliphatic heterocycles. The third-order valence-electron chi connectivity index (χ3n) is 11.8. The van der Waals surface area contributed by atoms with Gasteiger partial charge in [0.25, 0.3) is 0 Å². The van der Waals surface area contributed by atoms with E-state index in [1.807, 2.05) is 71.9 Å². The van der Waals surface area contributed by atoms with Crippen LogP contribution in [-0.4, -0.2) is 98.2 Å². The van der Waals surface area contributed by atoms with Gasteiger partial charge in [-0.1, -0.05) is 98.6 Å². The van der Waals surface area contributed by atoms with Crippen molar-refractivity contribution in [1.82, 2.24) is 20.9 Å². The Morgan fingerprint density at radius 2 is 1.52 bits per heavy atom. The number of carbonyl (C=O) groups excluding carboxylic acids is 4. The van der Waals surface area contributed by atoms with E-state index in [1.54, 1.807) is 40.1 Å². The molecule has 11 heteroatoms.